The molecule has 28 heavy (non-hydrogen) atoms. The van der Waals surface area contributed by atoms with Crippen LogP contribution >= 0.6 is 30.1 Å². The fraction of sp³-hybridized carbons (Fsp3) is 0.280. The third kappa shape index (κ3) is 4.35. The van der Waals surface area contributed by atoms with E-state index in [-0.39, 0.29) is 0 Å². The Bertz CT molecular complexity index is 757. The molecule has 3 aromatic rings. The van der Waals surface area contributed by atoms with Crippen LogP contribution in [0.3, 0.4) is 0 Å². The molecule has 0 spiro atoms. The van der Waals surface area contributed by atoms with Gasteiger partial charge in [-0.1, -0.05) is 54.6 Å². The van der Waals surface area contributed by atoms with Crippen LogP contribution in [0.4, 0.5) is 0 Å². The van der Waals surface area contributed by atoms with E-state index in [1.54, 1.807) is 0 Å². The molecule has 1 unspecified atom stereocenters. The lowest BCUT2D eigenvalue weighted by Gasteiger charge is -2.32. The van der Waals surface area contributed by atoms with Gasteiger partial charge in [0.2, 0.25) is 0 Å². The van der Waals surface area contributed by atoms with Crippen LogP contribution in [0.15, 0.2) is 91.0 Å². The summed E-state index contributed by atoms with van der Waals surface area (Å²) in [5, 5.41) is 4.53. The van der Waals surface area contributed by atoms with Gasteiger partial charge in [-0.05, 0) is 61.6 Å². The summed E-state index contributed by atoms with van der Waals surface area (Å²) in [7, 11) is -1.66. The van der Waals surface area contributed by atoms with Gasteiger partial charge in [-0.3, -0.25) is 0 Å². The monoisotopic (exact) mass is 500 g/mol. The van der Waals surface area contributed by atoms with E-state index in [0.717, 1.165) is 5.92 Å². The average molecular weight is 500 g/mol. The Morgan fingerprint density at radius 1 is 0.750 bits per heavy atom. The van der Waals surface area contributed by atoms with Gasteiger partial charge in [-0.2, -0.15) is 0 Å². The van der Waals surface area contributed by atoms with E-state index in [1.165, 1.54) is 54.4 Å². The predicted molar refractivity (Wildman–Crippen MR) is 133 cm³/mol. The summed E-state index contributed by atoms with van der Waals surface area (Å²) in [6.07, 6.45) is 5.26. The van der Waals surface area contributed by atoms with Crippen LogP contribution in [0.25, 0.3) is 0 Å². The molecule has 3 aromatic carbocycles. The number of halogens is 1. The molecule has 3 heteroatoms. The molecule has 0 amide bonds. The van der Waals surface area contributed by atoms with Crippen molar-refractivity contribution in [2.45, 2.75) is 19.3 Å². The maximum atomic E-state index is 2.51. The summed E-state index contributed by atoms with van der Waals surface area (Å²) < 4.78 is 2.49. The van der Waals surface area contributed by atoms with Crippen molar-refractivity contribution in [1.82, 2.24) is 3.11 Å². The van der Waals surface area contributed by atoms with Crippen molar-refractivity contribution in [1.29, 1.82) is 0 Å². The van der Waals surface area contributed by atoms with Crippen molar-refractivity contribution in [2.75, 3.05) is 19.3 Å². The van der Waals surface area contributed by atoms with Crippen LogP contribution in [-0.4, -0.2) is 22.4 Å². The molecule has 1 heterocycles. The molecular weight excluding hydrogens is 472 g/mol. The first kappa shape index (κ1) is 20.1. The van der Waals surface area contributed by atoms with Gasteiger partial charge in [-0.25, -0.2) is 3.11 Å². The molecule has 0 radical (unpaired) electrons. The van der Waals surface area contributed by atoms with Crippen LogP contribution in [0.1, 0.15) is 19.3 Å². The number of nitrogens with zero attached hydrogens (tertiary/aromatic N) is 1. The molecule has 0 N–H and O–H groups in total. The Morgan fingerprint density at radius 2 is 1.21 bits per heavy atom. The third-order valence-electron chi connectivity index (χ3n) is 5.93. The van der Waals surface area contributed by atoms with E-state index in [0.29, 0.717) is 0 Å². The smallest absolute Gasteiger partial charge is 0.112 e. The molecule has 1 atom stereocenters. The lowest BCUT2D eigenvalue weighted by atomic mass is 9.97. The van der Waals surface area contributed by atoms with E-state index in [1.807, 2.05) is 0 Å². The summed E-state index contributed by atoms with van der Waals surface area (Å²) in [6, 6.07) is 33.9. The Morgan fingerprint density at radius 3 is 1.64 bits per heavy atom. The summed E-state index contributed by atoms with van der Waals surface area (Å²) in [5.41, 5.74) is 0. The minimum atomic E-state index is -1.66. The van der Waals surface area contributed by atoms with Gasteiger partial charge in [-0.15, -0.1) is 0 Å². The zero-order valence-corrected chi connectivity index (χ0v) is 19.3. The van der Waals surface area contributed by atoms with Crippen LogP contribution in [0, 0.1) is 5.92 Å². The van der Waals surface area contributed by atoms with Crippen molar-refractivity contribution in [3.8, 4) is 0 Å². The summed E-state index contributed by atoms with van der Waals surface area (Å²) in [6.45, 7) is 2.48. The van der Waals surface area contributed by atoms with Crippen LogP contribution in [-0.2, 0) is 0 Å². The van der Waals surface area contributed by atoms with Gasteiger partial charge in [0.15, 0.2) is 0 Å². The molecule has 144 valence electrons. The minimum Gasteiger partial charge on any atom is -0.247 e. The van der Waals surface area contributed by atoms with Gasteiger partial charge < -0.3 is 0 Å². The molecule has 0 aliphatic carbocycles. The number of rotatable bonds is 6. The second kappa shape index (κ2) is 9.52. The van der Waals surface area contributed by atoms with E-state index < -0.39 is 7.26 Å². The Labute approximate surface area is 184 Å². The zero-order valence-electron chi connectivity index (χ0n) is 16.3. The van der Waals surface area contributed by atoms with Gasteiger partial charge in [0, 0.05) is 36.0 Å². The van der Waals surface area contributed by atoms with Crippen molar-refractivity contribution >= 4 is 46.0 Å². The quantitative estimate of drug-likeness (QED) is 0.248. The first-order valence-corrected chi connectivity index (χ1v) is 13.2. The fourth-order valence-electron chi connectivity index (χ4n) is 4.51. The van der Waals surface area contributed by atoms with Crippen LogP contribution < -0.4 is 15.9 Å². The second-order valence-corrected chi connectivity index (χ2v) is 12.7. The highest BCUT2D eigenvalue weighted by molar-refractivity contribution is 14.1. The maximum absolute atomic E-state index is 2.51. The van der Waals surface area contributed by atoms with E-state index in [9.17, 15) is 0 Å². The number of hydrogen-bond acceptors (Lipinski definition) is 1. The second-order valence-electron chi connectivity index (χ2n) is 7.71. The lowest BCUT2D eigenvalue weighted by molar-refractivity contribution is 0.298. The van der Waals surface area contributed by atoms with Gasteiger partial charge in [0.05, 0.1) is 6.16 Å². The van der Waals surface area contributed by atoms with Crippen LogP contribution in [0.2, 0.25) is 0 Å². The summed E-state index contributed by atoms with van der Waals surface area (Å²) in [4.78, 5) is 0. The number of hydrogen-bond donors (Lipinski definition) is 0. The van der Waals surface area contributed by atoms with Crippen molar-refractivity contribution in [3.05, 3.63) is 91.0 Å². The van der Waals surface area contributed by atoms with E-state index in [4.69, 9.17) is 0 Å². The van der Waals surface area contributed by atoms with Crippen molar-refractivity contribution in [2.24, 2.45) is 5.92 Å². The molecule has 1 fully saturated rings. The minimum absolute atomic E-state index is 0.807. The Balaban J connectivity index is 1.79. The highest BCUT2D eigenvalue weighted by atomic mass is 127. The highest BCUT2D eigenvalue weighted by Crippen LogP contribution is 2.56. The Kier molecular flexibility index (Phi) is 6.82. The molecule has 1 nitrogen and oxygen atoms in total. The standard InChI is InChI=1S/C25H28INP/c26-27-19-10-11-22(21-27)18-20-28(23-12-4-1-5-13-23,24-14-6-2-7-15-24)25-16-8-3-9-17-25/h1-9,12-17,22H,10-11,18-21H2/q+1. The SMILES string of the molecule is IN1CCCC(CC[P+](c2ccccc2)(c2ccccc2)c2ccccc2)C1. The molecule has 0 aromatic heterocycles. The van der Waals surface area contributed by atoms with E-state index in [2.05, 4.69) is 117 Å². The molecule has 0 bridgehead atoms. The molecule has 0 saturated carbocycles. The summed E-state index contributed by atoms with van der Waals surface area (Å²) >= 11 is 2.51. The van der Waals surface area contributed by atoms with Gasteiger partial charge in [0.1, 0.15) is 23.2 Å². The largest absolute Gasteiger partial charge is 0.247 e. The molecule has 1 saturated heterocycles. The summed E-state index contributed by atoms with van der Waals surface area (Å²) in [5.74, 6) is 0.807. The first-order valence-electron chi connectivity index (χ1n) is 10.2. The third-order valence-corrected chi connectivity index (χ3v) is 11.3. The maximum Gasteiger partial charge on any atom is 0.112 e. The molecular formula is C25H28INP+. The molecule has 1 aliphatic heterocycles. The van der Waals surface area contributed by atoms with Crippen molar-refractivity contribution < 1.29 is 0 Å². The lowest BCUT2D eigenvalue weighted by Crippen LogP contribution is -2.35. The molecule has 1 aliphatic rings. The highest BCUT2D eigenvalue weighted by Gasteiger charge is 2.45. The molecule has 4 rings (SSSR count). The fourth-order valence-corrected chi connectivity index (χ4v) is 9.87. The van der Waals surface area contributed by atoms with Crippen molar-refractivity contribution in [3.63, 3.8) is 0 Å². The Hall–Kier alpha value is -1.22. The average Bonchev–Trinajstić information content (AvgIpc) is 2.77. The van der Waals surface area contributed by atoms with Crippen LogP contribution in [0.5, 0.6) is 0 Å². The van der Waals surface area contributed by atoms with Gasteiger partial charge in [0.25, 0.3) is 0 Å². The topological polar surface area (TPSA) is 3.24 Å². The predicted octanol–water partition coefficient (Wildman–Crippen LogP) is 5.43. The number of piperidine rings is 1. The van der Waals surface area contributed by atoms with Gasteiger partial charge >= 0.3 is 0 Å². The normalized spacial score (nSPS) is 18.1. The van der Waals surface area contributed by atoms with E-state index >= 15 is 0 Å². The number of benzene rings is 3. The first-order chi connectivity index (χ1) is 13.8. The zero-order chi connectivity index (χ0) is 19.2.